The van der Waals surface area contributed by atoms with E-state index < -0.39 is 11.7 Å². The highest BCUT2D eigenvalue weighted by molar-refractivity contribution is 6.04. The topological polar surface area (TPSA) is 58.6 Å². The fraction of sp³-hybridized carbons (Fsp3) is 0.167. The second-order valence-corrected chi connectivity index (χ2v) is 7.10. The predicted molar refractivity (Wildman–Crippen MR) is 112 cm³/mol. The minimum atomic E-state index is -0.578. The van der Waals surface area contributed by atoms with E-state index >= 15 is 0 Å². The van der Waals surface area contributed by atoms with Crippen molar-refractivity contribution >= 4 is 17.5 Å². The van der Waals surface area contributed by atoms with Gasteiger partial charge in [-0.05, 0) is 42.3 Å². The summed E-state index contributed by atoms with van der Waals surface area (Å²) in [4.78, 5) is 26.6. The molecular weight excluding hydrogens is 383 g/mol. The second kappa shape index (κ2) is 8.78. The highest BCUT2D eigenvalue weighted by Crippen LogP contribution is 2.27. The number of halogens is 1. The van der Waals surface area contributed by atoms with Gasteiger partial charge in [-0.3, -0.25) is 9.59 Å². The maximum absolute atomic E-state index is 13.9. The molecule has 1 aliphatic rings. The van der Waals surface area contributed by atoms with Gasteiger partial charge in [0, 0.05) is 24.3 Å². The van der Waals surface area contributed by atoms with E-state index in [4.69, 9.17) is 4.74 Å². The molecular formula is C24H21FN2O3. The Bertz CT molecular complexity index is 1070. The number of benzene rings is 3. The van der Waals surface area contributed by atoms with Gasteiger partial charge < -0.3 is 15.0 Å². The van der Waals surface area contributed by atoms with Crippen LogP contribution in [0.15, 0.2) is 72.8 Å². The molecule has 1 N–H and O–H groups in total. The van der Waals surface area contributed by atoms with E-state index in [1.54, 1.807) is 29.2 Å². The summed E-state index contributed by atoms with van der Waals surface area (Å²) in [6, 6.07) is 21.0. The van der Waals surface area contributed by atoms with E-state index in [9.17, 15) is 14.0 Å². The summed E-state index contributed by atoms with van der Waals surface area (Å²) in [6.45, 7) is 0.921. The van der Waals surface area contributed by atoms with Crippen molar-refractivity contribution in [2.75, 3.05) is 18.5 Å². The number of carbonyl (C=O) groups is 2. The quantitative estimate of drug-likeness (QED) is 0.698. The van der Waals surface area contributed by atoms with Crippen molar-refractivity contribution in [2.24, 2.45) is 0 Å². The Balaban J connectivity index is 1.49. The van der Waals surface area contributed by atoms with E-state index in [0.29, 0.717) is 24.5 Å². The van der Waals surface area contributed by atoms with Crippen molar-refractivity contribution < 1.29 is 18.7 Å². The summed E-state index contributed by atoms with van der Waals surface area (Å²) >= 11 is 0. The molecule has 0 fully saturated rings. The number of fused-ring (bicyclic) bond motifs is 1. The summed E-state index contributed by atoms with van der Waals surface area (Å²) in [5.41, 5.74) is 2.44. The van der Waals surface area contributed by atoms with E-state index in [1.807, 2.05) is 30.3 Å². The van der Waals surface area contributed by atoms with Crippen molar-refractivity contribution in [3.05, 3.63) is 95.3 Å². The average Bonchev–Trinajstić information content (AvgIpc) is 2.91. The van der Waals surface area contributed by atoms with Gasteiger partial charge in [0.25, 0.3) is 11.8 Å². The fourth-order valence-corrected chi connectivity index (χ4v) is 3.40. The molecule has 6 heteroatoms. The highest BCUT2D eigenvalue weighted by atomic mass is 19.1. The Labute approximate surface area is 174 Å². The molecule has 2 amide bonds. The molecule has 0 spiro atoms. The van der Waals surface area contributed by atoms with Crippen LogP contribution in [-0.4, -0.2) is 29.9 Å². The number of nitrogens with zero attached hydrogens (tertiary/aromatic N) is 1. The van der Waals surface area contributed by atoms with Crippen LogP contribution in [0.4, 0.5) is 10.1 Å². The molecule has 0 saturated carbocycles. The highest BCUT2D eigenvalue weighted by Gasteiger charge is 2.22. The zero-order valence-corrected chi connectivity index (χ0v) is 16.3. The molecule has 1 aliphatic heterocycles. The van der Waals surface area contributed by atoms with Crippen molar-refractivity contribution in [2.45, 2.75) is 13.0 Å². The van der Waals surface area contributed by atoms with E-state index in [2.05, 4.69) is 5.32 Å². The van der Waals surface area contributed by atoms with Crippen molar-refractivity contribution in [3.8, 4) is 5.75 Å². The van der Waals surface area contributed by atoms with Crippen LogP contribution in [0.2, 0.25) is 0 Å². The SMILES string of the molecule is O=C(Nc1ccc2c(c1)CN(CCc1ccccc1)C(=O)CO2)c1ccccc1F. The van der Waals surface area contributed by atoms with Gasteiger partial charge in [0.1, 0.15) is 11.6 Å². The van der Waals surface area contributed by atoms with Gasteiger partial charge in [0.05, 0.1) is 5.56 Å². The molecule has 3 aromatic rings. The van der Waals surface area contributed by atoms with Crippen LogP contribution in [0, 0.1) is 5.82 Å². The predicted octanol–water partition coefficient (Wildman–Crippen LogP) is 4.04. The minimum Gasteiger partial charge on any atom is -0.483 e. The van der Waals surface area contributed by atoms with Crippen LogP contribution >= 0.6 is 0 Å². The molecule has 0 radical (unpaired) electrons. The summed E-state index contributed by atoms with van der Waals surface area (Å²) < 4.78 is 19.5. The number of hydrogen-bond acceptors (Lipinski definition) is 3. The van der Waals surface area contributed by atoms with Crippen LogP contribution in [0.3, 0.4) is 0 Å². The summed E-state index contributed by atoms with van der Waals surface area (Å²) in [7, 11) is 0. The first kappa shape index (κ1) is 19.6. The summed E-state index contributed by atoms with van der Waals surface area (Å²) in [5.74, 6) is -0.584. The molecule has 4 rings (SSSR count). The molecule has 5 nitrogen and oxygen atoms in total. The van der Waals surface area contributed by atoms with Crippen molar-refractivity contribution in [3.63, 3.8) is 0 Å². The Kier molecular flexibility index (Phi) is 5.75. The lowest BCUT2D eigenvalue weighted by Crippen LogP contribution is -2.34. The van der Waals surface area contributed by atoms with Crippen LogP contribution in [0.25, 0.3) is 0 Å². The fourth-order valence-electron chi connectivity index (χ4n) is 3.40. The first-order chi connectivity index (χ1) is 14.6. The number of nitrogens with one attached hydrogen (secondary N) is 1. The molecule has 3 aromatic carbocycles. The summed E-state index contributed by atoms with van der Waals surface area (Å²) in [6.07, 6.45) is 0.742. The van der Waals surface area contributed by atoms with Crippen LogP contribution in [0.1, 0.15) is 21.5 Å². The summed E-state index contributed by atoms with van der Waals surface area (Å²) in [5, 5.41) is 2.72. The number of ether oxygens (including phenoxy) is 1. The van der Waals surface area contributed by atoms with Crippen LogP contribution in [0.5, 0.6) is 5.75 Å². The molecule has 0 unspecified atom stereocenters. The Hall–Kier alpha value is -3.67. The Morgan fingerprint density at radius 2 is 1.80 bits per heavy atom. The largest absolute Gasteiger partial charge is 0.483 e. The zero-order valence-electron chi connectivity index (χ0n) is 16.3. The molecule has 0 aliphatic carbocycles. The third kappa shape index (κ3) is 4.49. The van der Waals surface area contributed by atoms with Gasteiger partial charge in [0.2, 0.25) is 0 Å². The van der Waals surface area contributed by atoms with Crippen LogP contribution < -0.4 is 10.1 Å². The van der Waals surface area contributed by atoms with Crippen LogP contribution in [-0.2, 0) is 17.8 Å². The number of rotatable bonds is 5. The molecule has 30 heavy (non-hydrogen) atoms. The molecule has 152 valence electrons. The first-order valence-corrected chi connectivity index (χ1v) is 9.73. The number of carbonyl (C=O) groups excluding carboxylic acids is 2. The van der Waals surface area contributed by atoms with E-state index in [0.717, 1.165) is 17.5 Å². The lowest BCUT2D eigenvalue weighted by atomic mass is 10.1. The van der Waals surface area contributed by atoms with Gasteiger partial charge in [0.15, 0.2) is 6.61 Å². The van der Waals surface area contributed by atoms with Gasteiger partial charge in [-0.25, -0.2) is 4.39 Å². The number of hydrogen-bond donors (Lipinski definition) is 1. The normalized spacial score (nSPS) is 13.2. The van der Waals surface area contributed by atoms with Gasteiger partial charge in [-0.15, -0.1) is 0 Å². The molecule has 0 bridgehead atoms. The second-order valence-electron chi connectivity index (χ2n) is 7.10. The maximum atomic E-state index is 13.9. The van der Waals surface area contributed by atoms with Gasteiger partial charge in [-0.2, -0.15) is 0 Å². The first-order valence-electron chi connectivity index (χ1n) is 9.73. The lowest BCUT2D eigenvalue weighted by molar-refractivity contribution is -0.133. The smallest absolute Gasteiger partial charge is 0.260 e. The van der Waals surface area contributed by atoms with E-state index in [1.165, 1.54) is 18.2 Å². The lowest BCUT2D eigenvalue weighted by Gasteiger charge is -2.20. The van der Waals surface area contributed by atoms with Crippen molar-refractivity contribution in [1.82, 2.24) is 4.90 Å². The van der Waals surface area contributed by atoms with Gasteiger partial charge in [-0.1, -0.05) is 42.5 Å². The third-order valence-corrected chi connectivity index (χ3v) is 5.02. The van der Waals surface area contributed by atoms with Gasteiger partial charge >= 0.3 is 0 Å². The molecule has 1 heterocycles. The Morgan fingerprint density at radius 3 is 2.60 bits per heavy atom. The van der Waals surface area contributed by atoms with E-state index in [-0.39, 0.29) is 18.1 Å². The zero-order chi connectivity index (χ0) is 20.9. The van der Waals surface area contributed by atoms with Crippen molar-refractivity contribution in [1.29, 1.82) is 0 Å². The monoisotopic (exact) mass is 404 g/mol. The molecule has 0 aromatic heterocycles. The maximum Gasteiger partial charge on any atom is 0.260 e. The number of amides is 2. The average molecular weight is 404 g/mol. The Morgan fingerprint density at radius 1 is 1.03 bits per heavy atom. The molecule has 0 atom stereocenters. The minimum absolute atomic E-state index is 0.0247. The standard InChI is InChI=1S/C24H21FN2O3/c25-21-9-5-4-8-20(21)24(29)26-19-10-11-22-18(14-19)15-27(23(28)16-30-22)13-12-17-6-2-1-3-7-17/h1-11,14H,12-13,15-16H2,(H,26,29). The molecule has 0 saturated heterocycles. The third-order valence-electron chi connectivity index (χ3n) is 5.02. The number of anilines is 1.